The van der Waals surface area contributed by atoms with Crippen LogP contribution in [0.2, 0.25) is 0 Å². The fourth-order valence-electron chi connectivity index (χ4n) is 2.15. The number of ether oxygens (including phenoxy) is 3. The molecule has 0 spiro atoms. The predicted octanol–water partition coefficient (Wildman–Crippen LogP) is 2.79. The molecule has 0 saturated heterocycles. The van der Waals surface area contributed by atoms with Crippen LogP contribution in [-0.4, -0.2) is 26.4 Å². The SMILES string of the molecule is COc1ccc(C(O)c2ccccc2)c(OC)c1OC. The molecule has 1 unspecified atom stereocenters. The van der Waals surface area contributed by atoms with E-state index in [1.54, 1.807) is 33.5 Å². The first kappa shape index (κ1) is 14.2. The maximum atomic E-state index is 10.5. The highest BCUT2D eigenvalue weighted by molar-refractivity contribution is 5.57. The number of methoxy groups -OCH3 is 3. The van der Waals surface area contributed by atoms with E-state index in [2.05, 4.69) is 0 Å². The van der Waals surface area contributed by atoms with Crippen molar-refractivity contribution in [1.82, 2.24) is 0 Å². The number of rotatable bonds is 5. The van der Waals surface area contributed by atoms with Gasteiger partial charge < -0.3 is 19.3 Å². The van der Waals surface area contributed by atoms with Gasteiger partial charge in [0.2, 0.25) is 5.75 Å². The van der Waals surface area contributed by atoms with Gasteiger partial charge in [-0.25, -0.2) is 0 Å². The van der Waals surface area contributed by atoms with Gasteiger partial charge in [-0.05, 0) is 17.7 Å². The normalized spacial score (nSPS) is 11.8. The lowest BCUT2D eigenvalue weighted by molar-refractivity contribution is 0.212. The Morgan fingerprint density at radius 2 is 1.45 bits per heavy atom. The molecule has 2 aromatic rings. The van der Waals surface area contributed by atoms with Crippen LogP contribution in [0.3, 0.4) is 0 Å². The highest BCUT2D eigenvalue weighted by atomic mass is 16.5. The quantitative estimate of drug-likeness (QED) is 0.910. The van der Waals surface area contributed by atoms with Gasteiger partial charge in [0.15, 0.2) is 11.5 Å². The smallest absolute Gasteiger partial charge is 0.203 e. The number of hydrogen-bond donors (Lipinski definition) is 1. The molecule has 1 atom stereocenters. The zero-order chi connectivity index (χ0) is 14.5. The molecule has 0 aliphatic rings. The van der Waals surface area contributed by atoms with E-state index in [1.807, 2.05) is 30.3 Å². The third kappa shape index (κ3) is 2.56. The first-order valence-corrected chi connectivity index (χ1v) is 6.24. The molecule has 1 N–H and O–H groups in total. The molecule has 0 aliphatic carbocycles. The van der Waals surface area contributed by atoms with Gasteiger partial charge in [-0.3, -0.25) is 0 Å². The van der Waals surface area contributed by atoms with Crippen molar-refractivity contribution >= 4 is 0 Å². The summed E-state index contributed by atoms with van der Waals surface area (Å²) in [4.78, 5) is 0. The fraction of sp³-hybridized carbons (Fsp3) is 0.250. The predicted molar refractivity (Wildman–Crippen MR) is 76.6 cm³/mol. The molecule has 20 heavy (non-hydrogen) atoms. The Morgan fingerprint density at radius 1 is 0.800 bits per heavy atom. The zero-order valence-corrected chi connectivity index (χ0v) is 11.8. The molecule has 2 aromatic carbocycles. The van der Waals surface area contributed by atoms with Crippen LogP contribution in [0.4, 0.5) is 0 Å². The van der Waals surface area contributed by atoms with Crippen LogP contribution in [0.1, 0.15) is 17.2 Å². The molecule has 0 heterocycles. The maximum Gasteiger partial charge on any atom is 0.203 e. The average molecular weight is 274 g/mol. The third-order valence-electron chi connectivity index (χ3n) is 3.14. The van der Waals surface area contributed by atoms with Gasteiger partial charge in [-0.15, -0.1) is 0 Å². The summed E-state index contributed by atoms with van der Waals surface area (Å²) in [5.74, 6) is 1.51. The summed E-state index contributed by atoms with van der Waals surface area (Å²) in [5, 5.41) is 10.5. The lowest BCUT2D eigenvalue weighted by Crippen LogP contribution is -2.04. The first-order chi connectivity index (χ1) is 9.72. The van der Waals surface area contributed by atoms with Crippen molar-refractivity contribution in [3.8, 4) is 17.2 Å². The second-order valence-electron chi connectivity index (χ2n) is 4.24. The minimum absolute atomic E-state index is 0.475. The summed E-state index contributed by atoms with van der Waals surface area (Å²) in [6.07, 6.45) is -0.786. The van der Waals surface area contributed by atoms with Crippen molar-refractivity contribution in [2.45, 2.75) is 6.10 Å². The highest BCUT2D eigenvalue weighted by Gasteiger charge is 2.21. The Bertz CT molecular complexity index is 566. The largest absolute Gasteiger partial charge is 0.493 e. The number of hydrogen-bond acceptors (Lipinski definition) is 4. The topological polar surface area (TPSA) is 47.9 Å². The Labute approximate surface area is 118 Å². The van der Waals surface area contributed by atoms with Crippen molar-refractivity contribution in [1.29, 1.82) is 0 Å². The molecule has 0 fully saturated rings. The molecule has 4 heteroatoms. The van der Waals surface area contributed by atoms with E-state index in [0.29, 0.717) is 22.8 Å². The Balaban J connectivity index is 2.51. The Morgan fingerprint density at radius 3 is 2.00 bits per heavy atom. The lowest BCUT2D eigenvalue weighted by atomic mass is 10.00. The second kappa shape index (κ2) is 6.30. The monoisotopic (exact) mass is 274 g/mol. The van der Waals surface area contributed by atoms with Crippen LogP contribution in [-0.2, 0) is 0 Å². The Kier molecular flexibility index (Phi) is 4.48. The van der Waals surface area contributed by atoms with Crippen molar-refractivity contribution < 1.29 is 19.3 Å². The molecular formula is C16H18O4. The van der Waals surface area contributed by atoms with E-state index in [-0.39, 0.29) is 0 Å². The number of aliphatic hydroxyl groups is 1. The molecule has 0 amide bonds. The van der Waals surface area contributed by atoms with Crippen molar-refractivity contribution in [2.75, 3.05) is 21.3 Å². The van der Waals surface area contributed by atoms with Crippen molar-refractivity contribution in [3.63, 3.8) is 0 Å². The maximum absolute atomic E-state index is 10.5. The Hall–Kier alpha value is -2.20. The number of aliphatic hydroxyl groups excluding tert-OH is 1. The molecular weight excluding hydrogens is 256 g/mol. The second-order valence-corrected chi connectivity index (χ2v) is 4.24. The van der Waals surface area contributed by atoms with E-state index in [1.165, 1.54) is 0 Å². The molecule has 0 bridgehead atoms. The highest BCUT2D eigenvalue weighted by Crippen LogP contribution is 2.43. The zero-order valence-electron chi connectivity index (χ0n) is 11.8. The minimum Gasteiger partial charge on any atom is -0.493 e. The van der Waals surface area contributed by atoms with E-state index < -0.39 is 6.10 Å². The van der Waals surface area contributed by atoms with Crippen LogP contribution in [0.15, 0.2) is 42.5 Å². The van der Waals surface area contributed by atoms with Gasteiger partial charge in [0.25, 0.3) is 0 Å². The van der Waals surface area contributed by atoms with Crippen LogP contribution >= 0.6 is 0 Å². The van der Waals surface area contributed by atoms with Crippen LogP contribution in [0.25, 0.3) is 0 Å². The molecule has 0 saturated carbocycles. The molecule has 106 valence electrons. The van der Waals surface area contributed by atoms with Crippen molar-refractivity contribution in [3.05, 3.63) is 53.6 Å². The molecule has 4 nitrogen and oxygen atoms in total. The van der Waals surface area contributed by atoms with Gasteiger partial charge in [0.05, 0.1) is 21.3 Å². The van der Waals surface area contributed by atoms with E-state index in [9.17, 15) is 5.11 Å². The van der Waals surface area contributed by atoms with Gasteiger partial charge in [0.1, 0.15) is 6.10 Å². The number of benzene rings is 2. The van der Waals surface area contributed by atoms with Gasteiger partial charge in [-0.1, -0.05) is 30.3 Å². The summed E-state index contributed by atoms with van der Waals surface area (Å²) < 4.78 is 15.9. The fourth-order valence-corrected chi connectivity index (χ4v) is 2.15. The molecule has 0 radical (unpaired) electrons. The summed E-state index contributed by atoms with van der Waals surface area (Å²) in [6.45, 7) is 0. The molecule has 0 aromatic heterocycles. The van der Waals surface area contributed by atoms with Gasteiger partial charge >= 0.3 is 0 Å². The van der Waals surface area contributed by atoms with Crippen LogP contribution < -0.4 is 14.2 Å². The molecule has 2 rings (SSSR count). The van der Waals surface area contributed by atoms with Crippen LogP contribution in [0.5, 0.6) is 17.2 Å². The van der Waals surface area contributed by atoms with E-state index in [0.717, 1.165) is 5.56 Å². The molecule has 0 aliphatic heterocycles. The van der Waals surface area contributed by atoms with Crippen molar-refractivity contribution in [2.24, 2.45) is 0 Å². The minimum atomic E-state index is -0.786. The first-order valence-electron chi connectivity index (χ1n) is 6.24. The summed E-state index contributed by atoms with van der Waals surface area (Å²) >= 11 is 0. The third-order valence-corrected chi connectivity index (χ3v) is 3.14. The lowest BCUT2D eigenvalue weighted by Gasteiger charge is -2.19. The standard InChI is InChI=1S/C16H18O4/c1-18-13-10-9-12(15(19-2)16(13)20-3)14(17)11-7-5-4-6-8-11/h4-10,14,17H,1-3H3. The van der Waals surface area contributed by atoms with Gasteiger partial charge in [0, 0.05) is 5.56 Å². The van der Waals surface area contributed by atoms with E-state index in [4.69, 9.17) is 14.2 Å². The van der Waals surface area contributed by atoms with Crippen LogP contribution in [0, 0.1) is 0 Å². The average Bonchev–Trinajstić information content (AvgIpc) is 2.53. The van der Waals surface area contributed by atoms with Gasteiger partial charge in [-0.2, -0.15) is 0 Å². The van der Waals surface area contributed by atoms with E-state index >= 15 is 0 Å². The summed E-state index contributed by atoms with van der Waals surface area (Å²) in [6, 6.07) is 12.9. The summed E-state index contributed by atoms with van der Waals surface area (Å²) in [7, 11) is 4.64. The summed E-state index contributed by atoms with van der Waals surface area (Å²) in [5.41, 5.74) is 1.43.